The van der Waals surface area contributed by atoms with Gasteiger partial charge in [-0.3, -0.25) is 0 Å². The third-order valence-electron chi connectivity index (χ3n) is 3.77. The molecule has 0 atom stereocenters. The van der Waals surface area contributed by atoms with E-state index in [1.165, 1.54) is 30.3 Å². The topological polar surface area (TPSA) is 122 Å². The van der Waals surface area contributed by atoms with Crippen LogP contribution in [0.3, 0.4) is 0 Å². The molecule has 0 saturated heterocycles. The molecular formula is C18H23NO7S2. The minimum Gasteiger partial charge on any atom is -0.493 e. The van der Waals surface area contributed by atoms with Crippen molar-refractivity contribution in [2.45, 2.75) is 29.6 Å². The zero-order chi connectivity index (χ0) is 20.8. The van der Waals surface area contributed by atoms with Gasteiger partial charge in [-0.25, -0.2) is 14.3 Å². The maximum Gasteiger partial charge on any atom is 0.339 e. The SMILES string of the molecule is CCc1cc(OCCCON)cc(OS(=O)(=O)c2ccc(S(C)(=O)=O)cc2)c1. The molecule has 2 aromatic carbocycles. The first-order chi connectivity index (χ1) is 13.2. The first-order valence-corrected chi connectivity index (χ1v) is 11.8. The van der Waals surface area contributed by atoms with Crippen LogP contribution in [0.1, 0.15) is 18.9 Å². The lowest BCUT2D eigenvalue weighted by atomic mass is 10.1. The van der Waals surface area contributed by atoms with E-state index in [0.29, 0.717) is 31.8 Å². The fourth-order valence-electron chi connectivity index (χ4n) is 2.33. The van der Waals surface area contributed by atoms with Gasteiger partial charge in [-0.05, 0) is 48.4 Å². The number of sulfone groups is 1. The second kappa shape index (κ2) is 9.37. The van der Waals surface area contributed by atoms with Crippen LogP contribution in [0, 0.1) is 0 Å². The summed E-state index contributed by atoms with van der Waals surface area (Å²) in [6.45, 7) is 2.61. The Morgan fingerprint density at radius 1 is 0.893 bits per heavy atom. The van der Waals surface area contributed by atoms with E-state index in [9.17, 15) is 16.8 Å². The van der Waals surface area contributed by atoms with Crippen molar-refractivity contribution in [2.75, 3.05) is 19.5 Å². The Balaban J connectivity index is 2.22. The van der Waals surface area contributed by atoms with Gasteiger partial charge >= 0.3 is 10.1 Å². The molecule has 154 valence electrons. The number of benzene rings is 2. The smallest absolute Gasteiger partial charge is 0.339 e. The molecule has 2 aromatic rings. The minimum absolute atomic E-state index is 0.0246. The third kappa shape index (κ3) is 6.20. The Morgan fingerprint density at radius 2 is 1.50 bits per heavy atom. The second-order valence-electron chi connectivity index (χ2n) is 6.02. The van der Waals surface area contributed by atoms with Crippen LogP contribution in [-0.4, -0.2) is 36.3 Å². The number of nitrogens with two attached hydrogens (primary N) is 1. The molecule has 0 amide bonds. The first-order valence-electron chi connectivity index (χ1n) is 8.49. The lowest BCUT2D eigenvalue weighted by Gasteiger charge is -2.12. The summed E-state index contributed by atoms with van der Waals surface area (Å²) >= 11 is 0. The van der Waals surface area contributed by atoms with E-state index >= 15 is 0 Å². The van der Waals surface area contributed by atoms with Gasteiger partial charge in [0.2, 0.25) is 0 Å². The fraction of sp³-hybridized carbons (Fsp3) is 0.333. The third-order valence-corrected chi connectivity index (χ3v) is 6.16. The number of aryl methyl sites for hydroxylation is 1. The summed E-state index contributed by atoms with van der Waals surface area (Å²) in [5.41, 5.74) is 0.838. The summed E-state index contributed by atoms with van der Waals surface area (Å²) in [5.74, 6) is 5.53. The highest BCUT2D eigenvalue weighted by Crippen LogP contribution is 2.27. The quantitative estimate of drug-likeness (QED) is 0.346. The second-order valence-corrected chi connectivity index (χ2v) is 9.58. The Kier molecular flexibility index (Phi) is 7.41. The van der Waals surface area contributed by atoms with Crippen LogP contribution in [0.15, 0.2) is 52.3 Å². The van der Waals surface area contributed by atoms with Crippen LogP contribution in [0.25, 0.3) is 0 Å². The molecule has 0 radical (unpaired) electrons. The van der Waals surface area contributed by atoms with Crippen molar-refractivity contribution in [2.24, 2.45) is 5.90 Å². The molecule has 0 bridgehead atoms. The Labute approximate surface area is 165 Å². The van der Waals surface area contributed by atoms with E-state index < -0.39 is 20.0 Å². The molecular weight excluding hydrogens is 406 g/mol. The zero-order valence-electron chi connectivity index (χ0n) is 15.6. The summed E-state index contributed by atoms with van der Waals surface area (Å²) < 4.78 is 58.9. The molecule has 8 nitrogen and oxygen atoms in total. The largest absolute Gasteiger partial charge is 0.493 e. The molecule has 0 aliphatic heterocycles. The van der Waals surface area contributed by atoms with Crippen molar-refractivity contribution < 1.29 is 30.6 Å². The molecule has 0 aliphatic carbocycles. The van der Waals surface area contributed by atoms with E-state index in [1.807, 2.05) is 6.92 Å². The van der Waals surface area contributed by atoms with Crippen molar-refractivity contribution in [1.29, 1.82) is 0 Å². The molecule has 0 saturated carbocycles. The van der Waals surface area contributed by atoms with E-state index in [4.69, 9.17) is 14.8 Å². The molecule has 2 rings (SSSR count). The fourth-order valence-corrected chi connectivity index (χ4v) is 3.87. The number of rotatable bonds is 10. The van der Waals surface area contributed by atoms with Crippen molar-refractivity contribution in [3.63, 3.8) is 0 Å². The van der Waals surface area contributed by atoms with E-state index in [2.05, 4.69) is 4.84 Å². The predicted molar refractivity (Wildman–Crippen MR) is 103 cm³/mol. The van der Waals surface area contributed by atoms with Gasteiger partial charge in [0.1, 0.15) is 16.4 Å². The molecule has 0 heterocycles. The highest BCUT2D eigenvalue weighted by atomic mass is 32.2. The van der Waals surface area contributed by atoms with Gasteiger partial charge in [0.15, 0.2) is 9.84 Å². The highest BCUT2D eigenvalue weighted by molar-refractivity contribution is 7.90. The van der Waals surface area contributed by atoms with Crippen LogP contribution in [0.4, 0.5) is 0 Å². The summed E-state index contributed by atoms with van der Waals surface area (Å²) in [6, 6.07) is 9.72. The maximum atomic E-state index is 12.5. The average molecular weight is 430 g/mol. The Hall–Kier alpha value is -2.14. The first kappa shape index (κ1) is 22.2. The zero-order valence-corrected chi connectivity index (χ0v) is 17.3. The highest BCUT2D eigenvalue weighted by Gasteiger charge is 2.19. The van der Waals surface area contributed by atoms with Gasteiger partial charge in [0, 0.05) is 18.7 Å². The molecule has 0 fully saturated rings. The number of hydrogen-bond acceptors (Lipinski definition) is 8. The summed E-state index contributed by atoms with van der Waals surface area (Å²) in [5, 5.41) is 0. The average Bonchev–Trinajstić information content (AvgIpc) is 2.64. The van der Waals surface area contributed by atoms with E-state index in [1.54, 1.807) is 12.1 Å². The maximum absolute atomic E-state index is 12.5. The standard InChI is InChI=1S/C18H23NO7S2/c1-3-14-11-15(24-9-4-10-25-19)13-16(12-14)26-28(22,23)18-7-5-17(6-8-18)27(2,20)21/h5-8,11-13H,3-4,9-10,19H2,1-2H3. The minimum atomic E-state index is -4.13. The van der Waals surface area contributed by atoms with Gasteiger partial charge in [0.25, 0.3) is 0 Å². The van der Waals surface area contributed by atoms with Gasteiger partial charge in [-0.1, -0.05) is 6.92 Å². The monoisotopic (exact) mass is 429 g/mol. The molecule has 28 heavy (non-hydrogen) atoms. The number of ether oxygens (including phenoxy) is 1. The normalized spacial score (nSPS) is 12.0. The summed E-state index contributed by atoms with van der Waals surface area (Å²) in [4.78, 5) is 4.35. The number of hydrogen-bond donors (Lipinski definition) is 1. The van der Waals surface area contributed by atoms with Crippen LogP contribution < -0.4 is 14.8 Å². The van der Waals surface area contributed by atoms with Gasteiger partial charge in [0.05, 0.1) is 18.1 Å². The Morgan fingerprint density at radius 3 is 2.07 bits per heavy atom. The molecule has 0 aliphatic rings. The predicted octanol–water partition coefficient (Wildman–Crippen LogP) is 2.08. The lowest BCUT2D eigenvalue weighted by Crippen LogP contribution is -2.11. The van der Waals surface area contributed by atoms with Crippen molar-refractivity contribution in [3.05, 3.63) is 48.0 Å². The van der Waals surface area contributed by atoms with Gasteiger partial charge in [-0.2, -0.15) is 8.42 Å². The molecule has 2 N–H and O–H groups in total. The van der Waals surface area contributed by atoms with Gasteiger partial charge in [-0.15, -0.1) is 0 Å². The van der Waals surface area contributed by atoms with Crippen LogP contribution in [0.2, 0.25) is 0 Å². The molecule has 0 aromatic heterocycles. The lowest BCUT2D eigenvalue weighted by molar-refractivity contribution is 0.122. The molecule has 0 unspecified atom stereocenters. The van der Waals surface area contributed by atoms with E-state index in [0.717, 1.165) is 11.8 Å². The summed E-state index contributed by atoms with van der Waals surface area (Å²) in [7, 11) is -7.55. The summed E-state index contributed by atoms with van der Waals surface area (Å²) in [6.07, 6.45) is 2.28. The van der Waals surface area contributed by atoms with Crippen molar-refractivity contribution in [1.82, 2.24) is 0 Å². The van der Waals surface area contributed by atoms with Crippen LogP contribution in [-0.2, 0) is 31.2 Å². The van der Waals surface area contributed by atoms with Crippen LogP contribution >= 0.6 is 0 Å². The van der Waals surface area contributed by atoms with Crippen molar-refractivity contribution >= 4 is 20.0 Å². The van der Waals surface area contributed by atoms with Crippen LogP contribution in [0.5, 0.6) is 11.5 Å². The van der Waals surface area contributed by atoms with Gasteiger partial charge < -0.3 is 13.8 Å². The Bertz CT molecular complexity index is 1000. The molecule has 10 heteroatoms. The van der Waals surface area contributed by atoms with Crippen molar-refractivity contribution in [3.8, 4) is 11.5 Å². The molecule has 0 spiro atoms. The van der Waals surface area contributed by atoms with E-state index in [-0.39, 0.29) is 15.5 Å².